The van der Waals surface area contributed by atoms with Crippen LogP contribution in [0.15, 0.2) is 0 Å². The van der Waals surface area contributed by atoms with Crippen LogP contribution in [0, 0.1) is 0 Å². The van der Waals surface area contributed by atoms with Gasteiger partial charge in [0.15, 0.2) is 0 Å². The summed E-state index contributed by atoms with van der Waals surface area (Å²) in [6, 6.07) is 0. The molecule has 10 aliphatic heterocycles. The van der Waals surface area contributed by atoms with Crippen molar-refractivity contribution in [3.05, 3.63) is 0 Å². The summed E-state index contributed by atoms with van der Waals surface area (Å²) in [7, 11) is 0. The van der Waals surface area contributed by atoms with Gasteiger partial charge in [-0.3, -0.25) is 0 Å². The SMILES string of the molecule is C[C]12[CH]3[CH]4[CH]5[C]1(O)[Fe]43521678[CH]2[CH]1[CH]6[CH]7[CH]28. The van der Waals surface area contributed by atoms with Crippen LogP contribution >= 0.6 is 0 Å². The van der Waals surface area contributed by atoms with Gasteiger partial charge in [-0.15, -0.1) is 0 Å². The predicted octanol–water partition coefficient (Wildman–Crippen LogP) is 2.67. The number of hydrogen-bond acceptors (Lipinski definition) is 1. The molecule has 0 radical (unpaired) electrons. The van der Waals surface area contributed by atoms with Crippen molar-refractivity contribution >= 4 is 0 Å². The zero-order valence-corrected chi connectivity index (χ0v) is 8.52. The first-order valence-corrected chi connectivity index (χ1v) is 12.1. The summed E-state index contributed by atoms with van der Waals surface area (Å²) in [4.78, 5) is 9.98. The molecule has 0 aromatic heterocycles. The molecule has 0 bridgehead atoms. The summed E-state index contributed by atoms with van der Waals surface area (Å²) in [5, 5.41) is 11.2. The number of hydrogen-bond donors (Lipinski definition) is 1. The van der Waals surface area contributed by atoms with Crippen LogP contribution in [0.5, 0.6) is 0 Å². The quantitative estimate of drug-likeness (QED) is 0.617. The van der Waals surface area contributed by atoms with Crippen LogP contribution in [0.3, 0.4) is 0 Å². The molecule has 0 aromatic carbocycles. The Morgan fingerprint density at radius 2 is 1.46 bits per heavy atom. The van der Waals surface area contributed by atoms with Gasteiger partial charge in [0.25, 0.3) is 0 Å². The van der Waals surface area contributed by atoms with E-state index in [1.165, 1.54) is 33.7 Å². The van der Waals surface area contributed by atoms with E-state index in [4.69, 9.17) is 0 Å². The van der Waals surface area contributed by atoms with Crippen molar-refractivity contribution in [2.45, 2.75) is 54.3 Å². The summed E-state index contributed by atoms with van der Waals surface area (Å²) in [6.07, 6.45) is 0. The third-order valence-electron chi connectivity index (χ3n) is 15.6. The van der Waals surface area contributed by atoms with Gasteiger partial charge in [0.05, 0.1) is 0 Å². The molecule has 1 N–H and O–H groups in total. The van der Waals surface area contributed by atoms with E-state index in [0.29, 0.717) is 4.31 Å². The molecular formula is C11H12FeO. The van der Waals surface area contributed by atoms with Gasteiger partial charge in [-0.1, -0.05) is 0 Å². The van der Waals surface area contributed by atoms with Crippen LogP contribution in [0.25, 0.3) is 0 Å². The Bertz CT molecular complexity index is 820. The van der Waals surface area contributed by atoms with Crippen LogP contribution in [0.4, 0.5) is 0 Å². The van der Waals surface area contributed by atoms with Gasteiger partial charge in [0.1, 0.15) is 0 Å². The normalized spacial score (nSPS) is 158. The fourth-order valence-corrected chi connectivity index (χ4v) is 92.2. The fraction of sp³-hybridized carbons (Fsp3) is 1.00. The van der Waals surface area contributed by atoms with Crippen LogP contribution in [-0.2, 0) is 6.51 Å². The zero-order chi connectivity index (χ0) is 7.94. The van der Waals surface area contributed by atoms with Crippen molar-refractivity contribution in [3.8, 4) is 0 Å². The number of rotatable bonds is 0. The summed E-state index contributed by atoms with van der Waals surface area (Å²) in [6.45, 7) is -0.488. The van der Waals surface area contributed by atoms with Crippen molar-refractivity contribution in [2.75, 3.05) is 0 Å². The molecule has 10 aliphatic rings. The average Bonchev–Trinajstić information content (AvgIpc) is 3.02. The van der Waals surface area contributed by atoms with Crippen molar-refractivity contribution in [2.24, 2.45) is 0 Å². The summed E-state index contributed by atoms with van der Waals surface area (Å²) in [5.74, 6) is 0. The molecule has 1 nitrogen and oxygen atoms in total. The van der Waals surface area contributed by atoms with Crippen LogP contribution in [-0.4, -0.2) is 9.61 Å². The van der Waals surface area contributed by atoms with Gasteiger partial charge in [0, 0.05) is 0 Å². The van der Waals surface area contributed by atoms with Crippen molar-refractivity contribution in [1.82, 2.24) is 0 Å². The van der Waals surface area contributed by atoms with Gasteiger partial charge >= 0.3 is 65.9 Å². The second-order valence-corrected chi connectivity index (χ2v) is 33.5. The van der Waals surface area contributed by atoms with Crippen molar-refractivity contribution in [1.29, 1.82) is 0 Å². The molecule has 2 heteroatoms. The van der Waals surface area contributed by atoms with Crippen LogP contribution in [0.2, 0.25) is 42.8 Å². The maximum absolute atomic E-state index is 11.2. The van der Waals surface area contributed by atoms with E-state index >= 15 is 0 Å². The number of fused-ring (bicyclic) bond motifs is 10. The summed E-state index contributed by atoms with van der Waals surface area (Å²) < 4.78 is 0.818. The van der Waals surface area contributed by atoms with Crippen molar-refractivity contribution in [3.63, 3.8) is 0 Å². The first-order chi connectivity index (χ1) is 5.94. The van der Waals surface area contributed by atoms with Crippen LogP contribution in [0.1, 0.15) is 6.92 Å². The Hall–Kier alpha value is 0.479. The maximum atomic E-state index is 11.2. The molecular weight excluding hydrogens is 204 g/mol. The third kappa shape index (κ3) is 0.0265. The standard InChI is InChI=1S/C6H7O.C5H5.Fe/c1-5-3-2-4-6(5)7;1-2-4-5-3-1;/h2-4,7H,1H3;1-5H;. The molecule has 1 spiro atoms. The molecule has 10 heterocycles. The molecule has 0 saturated carbocycles. The second kappa shape index (κ2) is 0.248. The van der Waals surface area contributed by atoms with Gasteiger partial charge < -0.3 is 0 Å². The minimum atomic E-state index is -3.06. The van der Waals surface area contributed by atoms with Gasteiger partial charge in [-0.05, 0) is 0 Å². The first kappa shape index (κ1) is 4.15. The Labute approximate surface area is 66.2 Å². The molecule has 10 fully saturated rings. The molecule has 0 amide bonds. The zero-order valence-electron chi connectivity index (χ0n) is 7.42. The summed E-state index contributed by atoms with van der Waals surface area (Å²) >= 11 is 0. The Morgan fingerprint density at radius 3 is 1.46 bits per heavy atom. The molecule has 10 saturated heterocycles. The van der Waals surface area contributed by atoms with Gasteiger partial charge in [0.2, 0.25) is 0 Å². The molecule has 5 atom stereocenters. The molecule has 0 aromatic rings. The molecule has 70 valence electrons. The Kier molecular flexibility index (Phi) is 0.0792. The molecule has 13 heavy (non-hydrogen) atoms. The van der Waals surface area contributed by atoms with Gasteiger partial charge in [-0.25, -0.2) is 0 Å². The Balaban J connectivity index is 2.20. The predicted molar refractivity (Wildman–Crippen MR) is 43.3 cm³/mol. The van der Waals surface area contributed by atoms with E-state index in [2.05, 4.69) is 6.92 Å². The van der Waals surface area contributed by atoms with Gasteiger partial charge in [-0.2, -0.15) is 0 Å². The molecule has 0 aliphatic carbocycles. The van der Waals surface area contributed by atoms with Crippen LogP contribution < -0.4 is 0 Å². The molecule has 5 unspecified atom stereocenters. The average molecular weight is 216 g/mol. The van der Waals surface area contributed by atoms with E-state index in [1.54, 1.807) is 0 Å². The van der Waals surface area contributed by atoms with Crippen molar-refractivity contribution < 1.29 is 11.6 Å². The van der Waals surface area contributed by atoms with E-state index in [-0.39, 0.29) is 4.50 Å². The Morgan fingerprint density at radius 1 is 0.923 bits per heavy atom. The fourth-order valence-electron chi connectivity index (χ4n) is 17.4. The van der Waals surface area contributed by atoms with E-state index in [0.717, 1.165) is 4.82 Å². The first-order valence-electron chi connectivity index (χ1n) is 5.87. The summed E-state index contributed by atoms with van der Waals surface area (Å²) in [5.41, 5.74) is 0. The minimum absolute atomic E-state index is 0.131. The van der Waals surface area contributed by atoms with E-state index < -0.39 is 6.51 Å². The topological polar surface area (TPSA) is 20.2 Å². The monoisotopic (exact) mass is 216 g/mol. The molecule has 10 rings (SSSR count). The third-order valence-corrected chi connectivity index (χ3v) is 59.3. The second-order valence-electron chi connectivity index (χ2n) is 10.1. The number of aliphatic hydroxyl groups is 1. The van der Waals surface area contributed by atoms with E-state index in [1.807, 2.05) is 0 Å². The van der Waals surface area contributed by atoms with E-state index in [9.17, 15) is 5.11 Å².